The molecule has 1 aromatic heterocycles. The highest BCUT2D eigenvalue weighted by Crippen LogP contribution is 2.25. The van der Waals surface area contributed by atoms with Crippen LogP contribution in [0.1, 0.15) is 10.4 Å². The molecular weight excluding hydrogens is 222 g/mol. The summed E-state index contributed by atoms with van der Waals surface area (Å²) in [5.74, 6) is -6.03. The standard InChI is InChI=1S/C10H4F2O4/c11-5-3-6-4(1-2-16-6)8(12)7(5)9(13)10(14)15/h1-3H,(H,14,15). The fraction of sp³-hybridized carbons (Fsp3) is 0. The average Bonchev–Trinajstić information content (AvgIpc) is 2.65. The summed E-state index contributed by atoms with van der Waals surface area (Å²) in [5, 5.41) is 8.27. The fourth-order valence-electron chi connectivity index (χ4n) is 1.36. The smallest absolute Gasteiger partial charge is 0.377 e. The van der Waals surface area contributed by atoms with E-state index < -0.39 is 29.0 Å². The first-order valence-electron chi connectivity index (χ1n) is 4.15. The van der Waals surface area contributed by atoms with E-state index in [1.54, 1.807) is 0 Å². The minimum absolute atomic E-state index is 0.0862. The Hall–Kier alpha value is -2.24. The monoisotopic (exact) mass is 226 g/mol. The topological polar surface area (TPSA) is 67.5 Å². The number of furan rings is 1. The third-order valence-corrected chi connectivity index (χ3v) is 2.07. The molecule has 16 heavy (non-hydrogen) atoms. The molecule has 0 saturated carbocycles. The molecule has 0 radical (unpaired) electrons. The summed E-state index contributed by atoms with van der Waals surface area (Å²) >= 11 is 0. The van der Waals surface area contributed by atoms with Crippen molar-refractivity contribution in [3.8, 4) is 0 Å². The minimum Gasteiger partial charge on any atom is -0.475 e. The Bertz CT molecular complexity index is 600. The molecule has 0 aliphatic rings. The van der Waals surface area contributed by atoms with Gasteiger partial charge in [0.05, 0.1) is 11.6 Å². The molecule has 1 aromatic carbocycles. The number of carbonyl (C=O) groups excluding carboxylic acids is 1. The molecular formula is C10H4F2O4. The Balaban J connectivity index is 2.78. The van der Waals surface area contributed by atoms with Crippen LogP contribution in [0.2, 0.25) is 0 Å². The summed E-state index contributed by atoms with van der Waals surface area (Å²) < 4.78 is 31.6. The number of Topliss-reactive ketones (excluding diaryl/α,β-unsaturated/α-hetero) is 1. The van der Waals surface area contributed by atoms with Gasteiger partial charge in [0.2, 0.25) is 0 Å². The van der Waals surface area contributed by atoms with E-state index in [0.717, 1.165) is 12.3 Å². The van der Waals surface area contributed by atoms with Crippen molar-refractivity contribution in [1.82, 2.24) is 0 Å². The van der Waals surface area contributed by atoms with E-state index in [-0.39, 0.29) is 11.0 Å². The van der Waals surface area contributed by atoms with Crippen molar-refractivity contribution in [2.45, 2.75) is 0 Å². The van der Waals surface area contributed by atoms with E-state index in [9.17, 15) is 18.4 Å². The molecule has 2 rings (SSSR count). The Morgan fingerprint density at radius 2 is 2.00 bits per heavy atom. The molecule has 0 atom stereocenters. The quantitative estimate of drug-likeness (QED) is 0.628. The zero-order chi connectivity index (χ0) is 11.9. The first-order chi connectivity index (χ1) is 7.52. The maximum atomic E-state index is 13.6. The molecule has 1 N–H and O–H groups in total. The van der Waals surface area contributed by atoms with Gasteiger partial charge in [0.25, 0.3) is 5.78 Å². The van der Waals surface area contributed by atoms with Crippen LogP contribution in [0.15, 0.2) is 22.8 Å². The molecule has 0 spiro atoms. The van der Waals surface area contributed by atoms with E-state index in [2.05, 4.69) is 0 Å². The van der Waals surface area contributed by atoms with Crippen LogP contribution >= 0.6 is 0 Å². The van der Waals surface area contributed by atoms with Gasteiger partial charge in [-0.05, 0) is 6.07 Å². The van der Waals surface area contributed by atoms with Gasteiger partial charge in [0.15, 0.2) is 0 Å². The van der Waals surface area contributed by atoms with Crippen molar-refractivity contribution in [2.24, 2.45) is 0 Å². The SMILES string of the molecule is O=C(O)C(=O)c1c(F)cc2occc2c1F. The Morgan fingerprint density at radius 3 is 2.62 bits per heavy atom. The van der Waals surface area contributed by atoms with Crippen LogP contribution in [-0.4, -0.2) is 16.9 Å². The van der Waals surface area contributed by atoms with Gasteiger partial charge in [0, 0.05) is 6.07 Å². The van der Waals surface area contributed by atoms with Gasteiger partial charge in [-0.2, -0.15) is 0 Å². The number of carboxylic acids is 1. The second kappa shape index (κ2) is 3.41. The van der Waals surface area contributed by atoms with Crippen LogP contribution in [-0.2, 0) is 4.79 Å². The van der Waals surface area contributed by atoms with Crippen LogP contribution in [0.3, 0.4) is 0 Å². The third-order valence-electron chi connectivity index (χ3n) is 2.07. The maximum Gasteiger partial charge on any atom is 0.377 e. The zero-order valence-corrected chi connectivity index (χ0v) is 7.66. The van der Waals surface area contributed by atoms with E-state index >= 15 is 0 Å². The largest absolute Gasteiger partial charge is 0.475 e. The second-order valence-corrected chi connectivity index (χ2v) is 3.01. The van der Waals surface area contributed by atoms with E-state index in [1.165, 1.54) is 6.07 Å². The van der Waals surface area contributed by atoms with Crippen molar-refractivity contribution in [2.75, 3.05) is 0 Å². The lowest BCUT2D eigenvalue weighted by Gasteiger charge is -2.01. The lowest BCUT2D eigenvalue weighted by molar-refractivity contribution is -0.131. The highest BCUT2D eigenvalue weighted by Gasteiger charge is 2.26. The number of carbonyl (C=O) groups is 2. The molecule has 0 saturated heterocycles. The molecule has 1 heterocycles. The summed E-state index contributed by atoms with van der Waals surface area (Å²) in [7, 11) is 0. The average molecular weight is 226 g/mol. The molecule has 0 fully saturated rings. The van der Waals surface area contributed by atoms with E-state index in [0.29, 0.717) is 0 Å². The first kappa shape index (κ1) is 10.3. The molecule has 0 unspecified atom stereocenters. The van der Waals surface area contributed by atoms with E-state index in [1.807, 2.05) is 0 Å². The van der Waals surface area contributed by atoms with Crippen molar-refractivity contribution in [1.29, 1.82) is 0 Å². The molecule has 6 heteroatoms. The van der Waals surface area contributed by atoms with Gasteiger partial charge in [-0.3, -0.25) is 4.79 Å². The molecule has 0 amide bonds. The highest BCUT2D eigenvalue weighted by molar-refractivity contribution is 6.40. The van der Waals surface area contributed by atoms with Crippen LogP contribution in [0.4, 0.5) is 8.78 Å². The van der Waals surface area contributed by atoms with Gasteiger partial charge >= 0.3 is 5.97 Å². The molecule has 0 aliphatic carbocycles. The predicted molar refractivity (Wildman–Crippen MR) is 48.1 cm³/mol. The zero-order valence-electron chi connectivity index (χ0n) is 7.66. The minimum atomic E-state index is -1.92. The number of rotatable bonds is 2. The molecule has 0 aliphatic heterocycles. The van der Waals surface area contributed by atoms with Crippen molar-refractivity contribution < 1.29 is 27.9 Å². The highest BCUT2D eigenvalue weighted by atomic mass is 19.1. The summed E-state index contributed by atoms with van der Waals surface area (Å²) in [6, 6.07) is 1.96. The maximum absolute atomic E-state index is 13.6. The van der Waals surface area contributed by atoms with Crippen LogP contribution < -0.4 is 0 Å². The third kappa shape index (κ3) is 1.35. The molecule has 0 bridgehead atoms. The van der Waals surface area contributed by atoms with Gasteiger partial charge in [-0.25, -0.2) is 13.6 Å². The number of ketones is 1. The number of benzene rings is 1. The van der Waals surface area contributed by atoms with Gasteiger partial charge in [-0.1, -0.05) is 0 Å². The number of hydrogen-bond donors (Lipinski definition) is 1. The van der Waals surface area contributed by atoms with Crippen LogP contribution in [0.25, 0.3) is 11.0 Å². The number of carboxylic acid groups (broad SMARTS) is 1. The summed E-state index contributed by atoms with van der Waals surface area (Å²) in [6.45, 7) is 0. The Labute approximate surface area is 87.1 Å². The lowest BCUT2D eigenvalue weighted by atomic mass is 10.1. The second-order valence-electron chi connectivity index (χ2n) is 3.01. The van der Waals surface area contributed by atoms with Gasteiger partial charge in [0.1, 0.15) is 22.8 Å². The number of hydrogen-bond acceptors (Lipinski definition) is 3. The Morgan fingerprint density at radius 1 is 1.31 bits per heavy atom. The normalized spacial score (nSPS) is 10.6. The van der Waals surface area contributed by atoms with Crippen molar-refractivity contribution in [3.63, 3.8) is 0 Å². The number of aliphatic carboxylic acids is 1. The first-order valence-corrected chi connectivity index (χ1v) is 4.15. The Kier molecular flexibility index (Phi) is 2.19. The van der Waals surface area contributed by atoms with Crippen molar-refractivity contribution >= 4 is 22.7 Å². The fourth-order valence-corrected chi connectivity index (χ4v) is 1.36. The molecule has 82 valence electrons. The molecule has 2 aromatic rings. The van der Waals surface area contributed by atoms with Gasteiger partial charge < -0.3 is 9.52 Å². The van der Waals surface area contributed by atoms with E-state index in [4.69, 9.17) is 9.52 Å². The molecule has 4 nitrogen and oxygen atoms in total. The van der Waals surface area contributed by atoms with Crippen molar-refractivity contribution in [3.05, 3.63) is 35.6 Å². The predicted octanol–water partition coefficient (Wildman–Crippen LogP) is 1.98. The van der Waals surface area contributed by atoms with Gasteiger partial charge in [-0.15, -0.1) is 0 Å². The summed E-state index contributed by atoms with van der Waals surface area (Å²) in [6.07, 6.45) is 1.11. The lowest BCUT2D eigenvalue weighted by Crippen LogP contribution is -2.16. The summed E-state index contributed by atoms with van der Waals surface area (Å²) in [4.78, 5) is 21.4. The number of fused-ring (bicyclic) bond motifs is 1. The summed E-state index contributed by atoms with van der Waals surface area (Å²) in [5.41, 5.74) is -1.17. The number of halogens is 2. The van der Waals surface area contributed by atoms with Crippen LogP contribution in [0.5, 0.6) is 0 Å². The van der Waals surface area contributed by atoms with Crippen LogP contribution in [0, 0.1) is 11.6 Å².